The van der Waals surface area contributed by atoms with Gasteiger partial charge in [-0.2, -0.15) is 10.1 Å². The highest BCUT2D eigenvalue weighted by Crippen LogP contribution is 2.30. The third-order valence-electron chi connectivity index (χ3n) is 4.00. The molecule has 0 amide bonds. The molecule has 11 heteroatoms. The molecule has 3 rings (SSSR count). The molecule has 27 heavy (non-hydrogen) atoms. The standard InChI is InChI=1S/C16H19N5O6/c1-9-5-20(16(24)19-15(9)21-8-17-7-18-21)14-4-12(26-11(3)23)13(27-14)6-25-10(2)22/h5,7-8,12-14H,4,6H2,1-3H3/t12-,13+,14+/m0/s1. The monoisotopic (exact) mass is 377 g/mol. The van der Waals surface area contributed by atoms with Crippen LogP contribution in [0.25, 0.3) is 5.82 Å². The summed E-state index contributed by atoms with van der Waals surface area (Å²) in [7, 11) is 0. The zero-order chi connectivity index (χ0) is 19.6. The first kappa shape index (κ1) is 18.7. The van der Waals surface area contributed by atoms with Crippen molar-refractivity contribution in [3.63, 3.8) is 0 Å². The number of esters is 2. The zero-order valence-electron chi connectivity index (χ0n) is 15.1. The van der Waals surface area contributed by atoms with Crippen LogP contribution < -0.4 is 5.69 Å². The first-order valence-corrected chi connectivity index (χ1v) is 8.26. The molecule has 144 valence electrons. The van der Waals surface area contributed by atoms with Crippen LogP contribution in [-0.4, -0.2) is 55.1 Å². The Hall–Kier alpha value is -3.08. The zero-order valence-corrected chi connectivity index (χ0v) is 15.1. The van der Waals surface area contributed by atoms with E-state index in [1.54, 1.807) is 13.1 Å². The van der Waals surface area contributed by atoms with Gasteiger partial charge in [0.05, 0.1) is 0 Å². The predicted molar refractivity (Wildman–Crippen MR) is 88.9 cm³/mol. The maximum atomic E-state index is 12.5. The van der Waals surface area contributed by atoms with Gasteiger partial charge < -0.3 is 14.2 Å². The van der Waals surface area contributed by atoms with Gasteiger partial charge in [-0.25, -0.2) is 14.5 Å². The number of carbonyl (C=O) groups is 2. The highest BCUT2D eigenvalue weighted by molar-refractivity contribution is 5.66. The minimum atomic E-state index is -0.710. The average molecular weight is 377 g/mol. The van der Waals surface area contributed by atoms with Crippen molar-refractivity contribution in [2.45, 2.75) is 45.6 Å². The molecule has 3 heterocycles. The summed E-state index contributed by atoms with van der Waals surface area (Å²) < 4.78 is 18.7. The third-order valence-corrected chi connectivity index (χ3v) is 4.00. The van der Waals surface area contributed by atoms with E-state index in [-0.39, 0.29) is 13.0 Å². The van der Waals surface area contributed by atoms with Gasteiger partial charge in [-0.15, -0.1) is 0 Å². The van der Waals surface area contributed by atoms with Crippen molar-refractivity contribution in [3.8, 4) is 5.82 Å². The second kappa shape index (κ2) is 7.66. The summed E-state index contributed by atoms with van der Waals surface area (Å²) in [6.45, 7) is 4.24. The van der Waals surface area contributed by atoms with Crippen molar-refractivity contribution in [2.24, 2.45) is 0 Å². The van der Waals surface area contributed by atoms with Crippen LogP contribution in [-0.2, 0) is 23.8 Å². The van der Waals surface area contributed by atoms with Gasteiger partial charge in [0.15, 0.2) is 5.82 Å². The number of hydrogen-bond donors (Lipinski definition) is 0. The number of hydrogen-bond acceptors (Lipinski definition) is 9. The molecule has 3 atom stereocenters. The number of rotatable bonds is 5. The van der Waals surface area contributed by atoms with E-state index in [1.807, 2.05) is 0 Å². The van der Waals surface area contributed by atoms with Crippen molar-refractivity contribution < 1.29 is 23.8 Å². The Balaban J connectivity index is 1.85. The fourth-order valence-corrected chi connectivity index (χ4v) is 2.87. The molecular weight excluding hydrogens is 358 g/mol. The Kier molecular flexibility index (Phi) is 5.31. The minimum Gasteiger partial charge on any atom is -0.463 e. The van der Waals surface area contributed by atoms with Gasteiger partial charge in [-0.05, 0) is 6.92 Å². The summed E-state index contributed by atoms with van der Waals surface area (Å²) in [4.78, 5) is 42.8. The molecule has 0 spiro atoms. The maximum Gasteiger partial charge on any atom is 0.351 e. The van der Waals surface area contributed by atoms with Crippen LogP contribution in [0, 0.1) is 6.92 Å². The quantitative estimate of drug-likeness (QED) is 0.657. The van der Waals surface area contributed by atoms with Gasteiger partial charge in [0.2, 0.25) is 0 Å². The molecule has 2 aromatic heterocycles. The SMILES string of the molecule is CC(=O)OC[C@H]1O[C@@H](n2cc(C)c(-n3cncn3)nc2=O)C[C@@H]1OC(C)=O. The smallest absolute Gasteiger partial charge is 0.351 e. The van der Waals surface area contributed by atoms with Crippen molar-refractivity contribution in [2.75, 3.05) is 6.61 Å². The van der Waals surface area contributed by atoms with Crippen LogP contribution in [0.1, 0.15) is 32.1 Å². The Morgan fingerprint density at radius 2 is 2.11 bits per heavy atom. The van der Waals surface area contributed by atoms with E-state index in [2.05, 4.69) is 15.1 Å². The molecule has 0 bridgehead atoms. The topological polar surface area (TPSA) is 127 Å². The van der Waals surface area contributed by atoms with Crippen LogP contribution in [0.4, 0.5) is 0 Å². The molecule has 0 saturated carbocycles. The molecule has 1 fully saturated rings. The van der Waals surface area contributed by atoms with Gasteiger partial charge in [0.25, 0.3) is 0 Å². The lowest BCUT2D eigenvalue weighted by Crippen LogP contribution is -2.31. The van der Waals surface area contributed by atoms with Crippen molar-refractivity contribution in [3.05, 3.63) is 34.9 Å². The molecule has 0 N–H and O–H groups in total. The van der Waals surface area contributed by atoms with E-state index in [9.17, 15) is 14.4 Å². The summed E-state index contributed by atoms with van der Waals surface area (Å²) in [5.74, 6) is -0.601. The normalized spacial score (nSPS) is 21.8. The second-order valence-electron chi connectivity index (χ2n) is 6.09. The molecule has 0 unspecified atom stereocenters. The van der Waals surface area contributed by atoms with Crippen molar-refractivity contribution in [1.82, 2.24) is 24.3 Å². The molecule has 1 aliphatic rings. The molecule has 1 aliphatic heterocycles. The van der Waals surface area contributed by atoms with E-state index >= 15 is 0 Å². The lowest BCUT2D eigenvalue weighted by Gasteiger charge is -2.18. The Morgan fingerprint density at radius 3 is 2.74 bits per heavy atom. The van der Waals surface area contributed by atoms with Crippen LogP contribution in [0.15, 0.2) is 23.6 Å². The summed E-state index contributed by atoms with van der Waals surface area (Å²) in [6.07, 6.45) is 2.58. The van der Waals surface area contributed by atoms with Gasteiger partial charge in [-0.1, -0.05) is 0 Å². The lowest BCUT2D eigenvalue weighted by molar-refractivity contribution is -0.155. The number of ether oxygens (including phenoxy) is 3. The maximum absolute atomic E-state index is 12.5. The molecule has 1 saturated heterocycles. The Morgan fingerprint density at radius 1 is 1.33 bits per heavy atom. The minimum absolute atomic E-state index is 0.0814. The van der Waals surface area contributed by atoms with E-state index in [0.717, 1.165) is 0 Å². The van der Waals surface area contributed by atoms with Gasteiger partial charge in [0, 0.05) is 32.0 Å². The summed E-state index contributed by atoms with van der Waals surface area (Å²) in [5.41, 5.74) is 0.127. The van der Waals surface area contributed by atoms with Crippen molar-refractivity contribution in [1.29, 1.82) is 0 Å². The average Bonchev–Trinajstić information content (AvgIpc) is 3.24. The summed E-state index contributed by atoms with van der Waals surface area (Å²) in [5, 5.41) is 3.97. The van der Waals surface area contributed by atoms with Crippen LogP contribution in [0.2, 0.25) is 0 Å². The van der Waals surface area contributed by atoms with E-state index in [1.165, 1.54) is 35.8 Å². The third kappa shape index (κ3) is 4.19. The molecular formula is C16H19N5O6. The first-order valence-electron chi connectivity index (χ1n) is 8.26. The molecule has 0 aromatic carbocycles. The summed E-state index contributed by atoms with van der Waals surface area (Å²) in [6, 6.07) is 0. The lowest BCUT2D eigenvalue weighted by atomic mass is 10.2. The fourth-order valence-electron chi connectivity index (χ4n) is 2.87. The molecule has 0 radical (unpaired) electrons. The van der Waals surface area contributed by atoms with E-state index < -0.39 is 36.1 Å². The predicted octanol–water partition coefficient (Wildman–Crippen LogP) is -0.0853. The van der Waals surface area contributed by atoms with Crippen LogP contribution in [0.3, 0.4) is 0 Å². The molecule has 11 nitrogen and oxygen atoms in total. The largest absolute Gasteiger partial charge is 0.463 e. The highest BCUT2D eigenvalue weighted by Gasteiger charge is 2.39. The van der Waals surface area contributed by atoms with Gasteiger partial charge >= 0.3 is 17.6 Å². The second-order valence-corrected chi connectivity index (χ2v) is 6.09. The van der Waals surface area contributed by atoms with Crippen LogP contribution >= 0.6 is 0 Å². The number of nitrogens with zero attached hydrogens (tertiary/aromatic N) is 5. The van der Waals surface area contributed by atoms with Gasteiger partial charge in [-0.3, -0.25) is 14.2 Å². The molecule has 0 aliphatic carbocycles. The number of aromatic nitrogens is 5. The number of aryl methyl sites for hydroxylation is 1. The first-order chi connectivity index (χ1) is 12.8. The molecule has 2 aromatic rings. The van der Waals surface area contributed by atoms with E-state index in [0.29, 0.717) is 11.4 Å². The number of carbonyl (C=O) groups excluding carboxylic acids is 2. The fraction of sp³-hybridized carbons (Fsp3) is 0.500. The van der Waals surface area contributed by atoms with Gasteiger partial charge in [0.1, 0.15) is 37.7 Å². The van der Waals surface area contributed by atoms with Crippen molar-refractivity contribution >= 4 is 11.9 Å². The highest BCUT2D eigenvalue weighted by atomic mass is 16.6. The van der Waals surface area contributed by atoms with Crippen LogP contribution in [0.5, 0.6) is 0 Å². The Bertz CT molecular complexity index is 893. The summed E-state index contributed by atoms with van der Waals surface area (Å²) >= 11 is 0. The Labute approximate surface area is 153 Å². The van der Waals surface area contributed by atoms with E-state index in [4.69, 9.17) is 14.2 Å².